The van der Waals surface area contributed by atoms with Gasteiger partial charge < -0.3 is 5.11 Å². The van der Waals surface area contributed by atoms with Crippen molar-refractivity contribution in [3.8, 4) is 0 Å². The Morgan fingerprint density at radius 1 is 1.38 bits per heavy atom. The van der Waals surface area contributed by atoms with Gasteiger partial charge in [0.1, 0.15) is 0 Å². The van der Waals surface area contributed by atoms with E-state index in [1.807, 2.05) is 0 Å². The van der Waals surface area contributed by atoms with E-state index in [2.05, 4.69) is 18.6 Å². The van der Waals surface area contributed by atoms with Gasteiger partial charge in [0.05, 0.1) is 12.4 Å². The van der Waals surface area contributed by atoms with E-state index in [0.717, 1.165) is 12.8 Å². The second kappa shape index (κ2) is 6.34. The van der Waals surface area contributed by atoms with Crippen LogP contribution in [0.2, 0.25) is 0 Å². The molecule has 80 valence electrons. The summed E-state index contributed by atoms with van der Waals surface area (Å²) in [7, 11) is -3.23. The first-order chi connectivity index (χ1) is 5.98. The molecule has 0 saturated carbocycles. The SMILES string of the molecule is CC(C)CCCNS(=O)(=O)CCO. The van der Waals surface area contributed by atoms with Crippen molar-refractivity contribution in [3.05, 3.63) is 0 Å². The number of rotatable bonds is 7. The molecular weight excluding hydrogens is 190 g/mol. The van der Waals surface area contributed by atoms with Gasteiger partial charge in [-0.15, -0.1) is 0 Å². The van der Waals surface area contributed by atoms with Crippen molar-refractivity contribution in [2.45, 2.75) is 26.7 Å². The van der Waals surface area contributed by atoms with E-state index in [-0.39, 0.29) is 12.4 Å². The smallest absolute Gasteiger partial charge is 0.213 e. The Kier molecular flexibility index (Phi) is 6.28. The minimum absolute atomic E-state index is 0.200. The highest BCUT2D eigenvalue weighted by molar-refractivity contribution is 7.89. The Morgan fingerprint density at radius 2 is 2.00 bits per heavy atom. The van der Waals surface area contributed by atoms with E-state index in [1.54, 1.807) is 0 Å². The van der Waals surface area contributed by atoms with Gasteiger partial charge in [-0.3, -0.25) is 0 Å². The molecule has 4 nitrogen and oxygen atoms in total. The maximum absolute atomic E-state index is 11.0. The topological polar surface area (TPSA) is 66.4 Å². The maximum atomic E-state index is 11.0. The fourth-order valence-corrected chi connectivity index (χ4v) is 1.77. The van der Waals surface area contributed by atoms with Crippen molar-refractivity contribution in [3.63, 3.8) is 0 Å². The largest absolute Gasteiger partial charge is 0.395 e. The molecule has 0 aliphatic carbocycles. The van der Waals surface area contributed by atoms with Gasteiger partial charge >= 0.3 is 0 Å². The van der Waals surface area contributed by atoms with Crippen LogP contribution in [0.15, 0.2) is 0 Å². The summed E-state index contributed by atoms with van der Waals surface area (Å²) in [5.41, 5.74) is 0. The molecule has 0 aromatic rings. The van der Waals surface area contributed by atoms with E-state index in [4.69, 9.17) is 5.11 Å². The first kappa shape index (κ1) is 12.9. The lowest BCUT2D eigenvalue weighted by Crippen LogP contribution is -2.28. The summed E-state index contributed by atoms with van der Waals surface area (Å²) in [4.78, 5) is 0. The van der Waals surface area contributed by atoms with Crippen LogP contribution in [-0.2, 0) is 10.0 Å². The van der Waals surface area contributed by atoms with Crippen LogP contribution in [0, 0.1) is 5.92 Å². The molecule has 0 bridgehead atoms. The monoisotopic (exact) mass is 209 g/mol. The summed E-state index contributed by atoms with van der Waals surface area (Å²) < 4.78 is 24.4. The number of hydrogen-bond donors (Lipinski definition) is 2. The fourth-order valence-electron chi connectivity index (χ4n) is 0.930. The third kappa shape index (κ3) is 8.21. The van der Waals surface area contributed by atoms with Crippen LogP contribution in [-0.4, -0.2) is 32.4 Å². The summed E-state index contributed by atoms with van der Waals surface area (Å²) in [6.45, 7) is 4.35. The summed E-state index contributed by atoms with van der Waals surface area (Å²) in [5.74, 6) is 0.400. The fraction of sp³-hybridized carbons (Fsp3) is 1.00. The molecule has 0 atom stereocenters. The average molecular weight is 209 g/mol. The molecule has 0 aliphatic rings. The standard InChI is InChI=1S/C8H19NO3S/c1-8(2)4-3-5-9-13(11,12)7-6-10/h8-10H,3-7H2,1-2H3. The van der Waals surface area contributed by atoms with Crippen molar-refractivity contribution in [1.82, 2.24) is 4.72 Å². The van der Waals surface area contributed by atoms with E-state index in [9.17, 15) is 8.42 Å². The number of hydrogen-bond acceptors (Lipinski definition) is 3. The molecule has 0 aromatic heterocycles. The molecule has 13 heavy (non-hydrogen) atoms. The Labute approximate surface area is 80.4 Å². The Hall–Kier alpha value is -0.130. The van der Waals surface area contributed by atoms with Crippen molar-refractivity contribution in [1.29, 1.82) is 0 Å². The molecular formula is C8H19NO3S. The van der Waals surface area contributed by atoms with Crippen molar-refractivity contribution in [2.75, 3.05) is 18.9 Å². The normalized spacial score (nSPS) is 12.3. The molecule has 5 heteroatoms. The van der Waals surface area contributed by atoms with Crippen LogP contribution in [0.4, 0.5) is 0 Å². The van der Waals surface area contributed by atoms with E-state index < -0.39 is 10.0 Å². The number of sulfonamides is 1. The van der Waals surface area contributed by atoms with Crippen LogP contribution < -0.4 is 4.72 Å². The number of aliphatic hydroxyl groups excluding tert-OH is 1. The Bertz CT molecular complexity index is 211. The minimum atomic E-state index is -3.23. The second-order valence-corrected chi connectivity index (χ2v) is 5.40. The van der Waals surface area contributed by atoms with Crippen LogP contribution in [0.25, 0.3) is 0 Å². The predicted octanol–water partition coefficient (Wildman–Crippen LogP) is 0.334. The highest BCUT2D eigenvalue weighted by Gasteiger charge is 2.07. The lowest BCUT2D eigenvalue weighted by molar-refractivity contribution is 0.319. The summed E-state index contributed by atoms with van der Waals surface area (Å²) in [6, 6.07) is 0. The molecule has 0 saturated heterocycles. The van der Waals surface area contributed by atoms with Crippen LogP contribution in [0.3, 0.4) is 0 Å². The molecule has 2 N–H and O–H groups in total. The highest BCUT2D eigenvalue weighted by atomic mass is 32.2. The Balaban J connectivity index is 3.53. The number of aliphatic hydroxyl groups is 1. The van der Waals surface area contributed by atoms with Gasteiger partial charge in [0.2, 0.25) is 10.0 Å². The van der Waals surface area contributed by atoms with Crippen LogP contribution in [0.1, 0.15) is 26.7 Å². The average Bonchev–Trinajstić information content (AvgIpc) is 1.98. The van der Waals surface area contributed by atoms with Crippen molar-refractivity contribution >= 4 is 10.0 Å². The third-order valence-electron chi connectivity index (χ3n) is 1.64. The van der Waals surface area contributed by atoms with Crippen molar-refractivity contribution in [2.24, 2.45) is 5.92 Å². The predicted molar refractivity (Wildman–Crippen MR) is 52.9 cm³/mol. The first-order valence-electron chi connectivity index (χ1n) is 4.56. The van der Waals surface area contributed by atoms with Crippen LogP contribution in [0.5, 0.6) is 0 Å². The molecule has 0 rings (SSSR count). The van der Waals surface area contributed by atoms with E-state index in [0.29, 0.717) is 12.5 Å². The zero-order valence-electron chi connectivity index (χ0n) is 8.28. The molecule has 0 aromatic carbocycles. The van der Waals surface area contributed by atoms with Gasteiger partial charge in [-0.25, -0.2) is 13.1 Å². The third-order valence-corrected chi connectivity index (χ3v) is 3.00. The second-order valence-electron chi connectivity index (χ2n) is 3.47. The summed E-state index contributed by atoms with van der Waals surface area (Å²) in [5, 5.41) is 8.43. The lowest BCUT2D eigenvalue weighted by Gasteiger charge is -2.06. The van der Waals surface area contributed by atoms with E-state index in [1.165, 1.54) is 0 Å². The van der Waals surface area contributed by atoms with Gasteiger partial charge in [-0.05, 0) is 18.8 Å². The van der Waals surface area contributed by atoms with Gasteiger partial charge in [0, 0.05) is 6.54 Å². The van der Waals surface area contributed by atoms with Gasteiger partial charge in [0.15, 0.2) is 0 Å². The molecule has 0 radical (unpaired) electrons. The van der Waals surface area contributed by atoms with Gasteiger partial charge in [0.25, 0.3) is 0 Å². The number of nitrogens with one attached hydrogen (secondary N) is 1. The molecule has 0 fully saturated rings. The zero-order valence-corrected chi connectivity index (χ0v) is 9.10. The molecule has 0 aliphatic heterocycles. The zero-order chi connectivity index (χ0) is 10.3. The summed E-state index contributed by atoms with van der Waals surface area (Å²) in [6.07, 6.45) is 1.87. The molecule has 0 amide bonds. The Morgan fingerprint density at radius 3 is 2.46 bits per heavy atom. The van der Waals surface area contributed by atoms with Crippen molar-refractivity contribution < 1.29 is 13.5 Å². The quantitative estimate of drug-likeness (QED) is 0.594. The summed E-state index contributed by atoms with van der Waals surface area (Å²) >= 11 is 0. The molecule has 0 heterocycles. The highest BCUT2D eigenvalue weighted by Crippen LogP contribution is 2.02. The molecule has 0 unspecified atom stereocenters. The minimum Gasteiger partial charge on any atom is -0.395 e. The first-order valence-corrected chi connectivity index (χ1v) is 6.21. The lowest BCUT2D eigenvalue weighted by atomic mass is 10.1. The van der Waals surface area contributed by atoms with Gasteiger partial charge in [-0.2, -0.15) is 0 Å². The maximum Gasteiger partial charge on any atom is 0.213 e. The molecule has 0 spiro atoms. The van der Waals surface area contributed by atoms with Crippen LogP contribution >= 0.6 is 0 Å². The van der Waals surface area contributed by atoms with E-state index >= 15 is 0 Å². The van der Waals surface area contributed by atoms with Gasteiger partial charge in [-0.1, -0.05) is 13.8 Å².